The summed E-state index contributed by atoms with van der Waals surface area (Å²) in [5, 5.41) is 0. The van der Waals surface area contributed by atoms with Gasteiger partial charge in [0, 0.05) is 6.61 Å². The summed E-state index contributed by atoms with van der Waals surface area (Å²) in [6.07, 6.45) is 4.23. The van der Waals surface area contributed by atoms with Crippen LogP contribution >= 0.6 is 0 Å². The van der Waals surface area contributed by atoms with E-state index in [4.69, 9.17) is 14.1 Å². The Morgan fingerprint density at radius 2 is 2.15 bits per heavy atom. The molecule has 1 aliphatic rings. The first-order chi connectivity index (χ1) is 9.92. The van der Waals surface area contributed by atoms with Crippen LogP contribution in [0, 0.1) is 0 Å². The third-order valence-corrected chi connectivity index (χ3v) is 3.81. The molecule has 0 saturated carbocycles. The van der Waals surface area contributed by atoms with Gasteiger partial charge in [-0.1, -0.05) is 12.1 Å². The number of hydrogen-bond acceptors (Lipinski definition) is 3. The van der Waals surface area contributed by atoms with Crippen LogP contribution in [0.5, 0.6) is 0 Å². The minimum Gasteiger partial charge on any atom is -0.461 e. The maximum Gasteiger partial charge on any atom is 0.177 e. The van der Waals surface area contributed by atoms with E-state index in [0.717, 1.165) is 48.6 Å². The number of benzene rings is 1. The van der Waals surface area contributed by atoms with Gasteiger partial charge in [-0.2, -0.15) is 0 Å². The maximum absolute atomic E-state index is 5.77. The second kappa shape index (κ2) is 4.80. The number of furan rings is 1. The molecule has 0 amide bonds. The topological polar surface area (TPSA) is 40.2 Å². The van der Waals surface area contributed by atoms with Gasteiger partial charge in [-0.25, -0.2) is 4.98 Å². The lowest BCUT2D eigenvalue weighted by Crippen LogP contribution is -2.15. The lowest BCUT2D eigenvalue weighted by molar-refractivity contribution is 0.0982. The molecule has 4 heteroatoms. The van der Waals surface area contributed by atoms with E-state index in [0.29, 0.717) is 0 Å². The molecule has 1 fully saturated rings. The fraction of sp³-hybridized carbons (Fsp3) is 0.312. The summed E-state index contributed by atoms with van der Waals surface area (Å²) >= 11 is 0. The molecule has 2 aromatic heterocycles. The van der Waals surface area contributed by atoms with Gasteiger partial charge in [-0.15, -0.1) is 0 Å². The van der Waals surface area contributed by atoms with Crippen molar-refractivity contribution in [2.24, 2.45) is 0 Å². The normalized spacial score (nSPS) is 18.9. The number of hydrogen-bond donors (Lipinski definition) is 0. The molecule has 20 heavy (non-hydrogen) atoms. The highest BCUT2D eigenvalue weighted by molar-refractivity contribution is 5.79. The van der Waals surface area contributed by atoms with E-state index in [1.807, 2.05) is 30.3 Å². The molecule has 0 spiro atoms. The fourth-order valence-corrected chi connectivity index (χ4v) is 2.85. The summed E-state index contributed by atoms with van der Waals surface area (Å²) in [6.45, 7) is 1.70. The van der Waals surface area contributed by atoms with Gasteiger partial charge in [0.1, 0.15) is 0 Å². The number of aromatic nitrogens is 2. The molecule has 1 unspecified atom stereocenters. The first-order valence-corrected chi connectivity index (χ1v) is 7.02. The zero-order chi connectivity index (χ0) is 13.4. The van der Waals surface area contributed by atoms with Crippen LogP contribution in [-0.2, 0) is 11.3 Å². The standard InChI is InChI=1S/C16H16N2O2/c1-2-7-14-13(6-1)17-16(15-8-4-10-20-15)18(14)11-12-5-3-9-19-12/h1-2,4,6-8,10,12H,3,5,9,11H2. The lowest BCUT2D eigenvalue weighted by Gasteiger charge is -2.13. The van der Waals surface area contributed by atoms with Crippen LogP contribution in [0.4, 0.5) is 0 Å². The molecule has 4 rings (SSSR count). The van der Waals surface area contributed by atoms with Gasteiger partial charge in [0.15, 0.2) is 11.6 Å². The molecule has 1 saturated heterocycles. The van der Waals surface area contributed by atoms with Crippen LogP contribution in [0.2, 0.25) is 0 Å². The summed E-state index contributed by atoms with van der Waals surface area (Å²) in [5.41, 5.74) is 2.13. The lowest BCUT2D eigenvalue weighted by atomic mass is 10.2. The highest BCUT2D eigenvalue weighted by Gasteiger charge is 2.21. The van der Waals surface area contributed by atoms with Crippen LogP contribution in [-0.4, -0.2) is 22.3 Å². The van der Waals surface area contributed by atoms with Crippen LogP contribution in [0.15, 0.2) is 47.1 Å². The minimum absolute atomic E-state index is 0.279. The number of ether oxygens (including phenoxy) is 1. The SMILES string of the molecule is c1coc(-c2nc3ccccc3n2CC2CCCO2)c1. The van der Waals surface area contributed by atoms with Crippen molar-refractivity contribution in [3.05, 3.63) is 42.7 Å². The summed E-state index contributed by atoms with van der Waals surface area (Å²) in [4.78, 5) is 4.71. The summed E-state index contributed by atoms with van der Waals surface area (Å²) in [6, 6.07) is 12.0. The van der Waals surface area contributed by atoms with Gasteiger partial charge in [0.2, 0.25) is 0 Å². The molecule has 0 aliphatic carbocycles. The molecule has 3 heterocycles. The number of para-hydroxylation sites is 2. The zero-order valence-electron chi connectivity index (χ0n) is 11.2. The van der Waals surface area contributed by atoms with Crippen molar-refractivity contribution in [1.29, 1.82) is 0 Å². The molecule has 1 atom stereocenters. The molecule has 3 aromatic rings. The molecule has 102 valence electrons. The Morgan fingerprint density at radius 1 is 1.20 bits per heavy atom. The molecule has 0 bridgehead atoms. The monoisotopic (exact) mass is 268 g/mol. The van der Waals surface area contributed by atoms with Crippen molar-refractivity contribution in [1.82, 2.24) is 9.55 Å². The molecule has 0 N–H and O–H groups in total. The second-order valence-corrected chi connectivity index (χ2v) is 5.15. The van der Waals surface area contributed by atoms with Gasteiger partial charge in [-0.05, 0) is 37.1 Å². The molecule has 1 aliphatic heterocycles. The summed E-state index contributed by atoms with van der Waals surface area (Å²) in [7, 11) is 0. The van der Waals surface area contributed by atoms with E-state index in [1.54, 1.807) is 6.26 Å². The minimum atomic E-state index is 0.279. The van der Waals surface area contributed by atoms with Crippen molar-refractivity contribution < 1.29 is 9.15 Å². The van der Waals surface area contributed by atoms with E-state index < -0.39 is 0 Å². The van der Waals surface area contributed by atoms with Gasteiger partial charge < -0.3 is 13.7 Å². The van der Waals surface area contributed by atoms with Crippen LogP contribution in [0.25, 0.3) is 22.6 Å². The van der Waals surface area contributed by atoms with E-state index in [1.165, 1.54) is 0 Å². The average Bonchev–Trinajstić information content (AvgIpc) is 3.19. The van der Waals surface area contributed by atoms with Crippen LogP contribution in [0.1, 0.15) is 12.8 Å². The Morgan fingerprint density at radius 3 is 2.95 bits per heavy atom. The summed E-state index contributed by atoms with van der Waals surface area (Å²) < 4.78 is 13.5. The first kappa shape index (κ1) is 11.7. The Hall–Kier alpha value is -2.07. The molecule has 1 aromatic carbocycles. The summed E-state index contributed by atoms with van der Waals surface area (Å²) in [5.74, 6) is 1.69. The maximum atomic E-state index is 5.77. The van der Waals surface area contributed by atoms with Crippen molar-refractivity contribution >= 4 is 11.0 Å². The third kappa shape index (κ3) is 1.93. The van der Waals surface area contributed by atoms with Gasteiger partial charge in [0.25, 0.3) is 0 Å². The number of fused-ring (bicyclic) bond motifs is 1. The van der Waals surface area contributed by atoms with Crippen LogP contribution in [0.3, 0.4) is 0 Å². The third-order valence-electron chi connectivity index (χ3n) is 3.81. The van der Waals surface area contributed by atoms with E-state index in [2.05, 4.69) is 10.6 Å². The van der Waals surface area contributed by atoms with Gasteiger partial charge in [0.05, 0.1) is 29.9 Å². The highest BCUT2D eigenvalue weighted by atomic mass is 16.5. The predicted molar refractivity (Wildman–Crippen MR) is 76.4 cm³/mol. The Labute approximate surface area is 117 Å². The molecular weight excluding hydrogens is 252 g/mol. The second-order valence-electron chi connectivity index (χ2n) is 5.15. The quantitative estimate of drug-likeness (QED) is 0.730. The fourth-order valence-electron chi connectivity index (χ4n) is 2.85. The Bertz CT molecular complexity index is 709. The molecule has 0 radical (unpaired) electrons. The van der Waals surface area contributed by atoms with Crippen molar-refractivity contribution in [2.45, 2.75) is 25.5 Å². The van der Waals surface area contributed by atoms with E-state index in [-0.39, 0.29) is 6.10 Å². The van der Waals surface area contributed by atoms with Gasteiger partial charge in [-0.3, -0.25) is 0 Å². The number of rotatable bonds is 3. The smallest absolute Gasteiger partial charge is 0.177 e. The number of nitrogens with zero attached hydrogens (tertiary/aromatic N) is 2. The van der Waals surface area contributed by atoms with Crippen molar-refractivity contribution in [3.8, 4) is 11.6 Å². The van der Waals surface area contributed by atoms with Crippen molar-refractivity contribution in [3.63, 3.8) is 0 Å². The average molecular weight is 268 g/mol. The Balaban J connectivity index is 1.84. The Kier molecular flexibility index (Phi) is 2.81. The zero-order valence-corrected chi connectivity index (χ0v) is 11.2. The van der Waals surface area contributed by atoms with Crippen LogP contribution < -0.4 is 0 Å². The largest absolute Gasteiger partial charge is 0.461 e. The van der Waals surface area contributed by atoms with E-state index >= 15 is 0 Å². The van der Waals surface area contributed by atoms with E-state index in [9.17, 15) is 0 Å². The molecular formula is C16H16N2O2. The highest BCUT2D eigenvalue weighted by Crippen LogP contribution is 2.27. The molecule has 4 nitrogen and oxygen atoms in total. The predicted octanol–water partition coefficient (Wildman–Crippen LogP) is 3.48. The van der Waals surface area contributed by atoms with Crippen molar-refractivity contribution in [2.75, 3.05) is 6.61 Å². The number of imidazole rings is 1. The first-order valence-electron chi connectivity index (χ1n) is 7.02. The van der Waals surface area contributed by atoms with Gasteiger partial charge >= 0.3 is 0 Å².